The van der Waals surface area contributed by atoms with Crippen LogP contribution in [-0.4, -0.2) is 53.8 Å². The molecule has 28 heavy (non-hydrogen) atoms. The summed E-state index contributed by atoms with van der Waals surface area (Å²) in [4.78, 5) is 13.9. The third-order valence-electron chi connectivity index (χ3n) is 4.83. The lowest BCUT2D eigenvalue weighted by Gasteiger charge is -2.34. The Labute approximate surface area is 170 Å². The molecular formula is C21H26FN5S. The molecule has 7 heteroatoms. The van der Waals surface area contributed by atoms with Crippen molar-refractivity contribution >= 4 is 17.6 Å². The van der Waals surface area contributed by atoms with Crippen LogP contribution in [0.3, 0.4) is 0 Å². The minimum Gasteiger partial charge on any atom is -0.353 e. The molecule has 1 fully saturated rings. The largest absolute Gasteiger partial charge is 0.353 e. The van der Waals surface area contributed by atoms with Crippen molar-refractivity contribution in [3.63, 3.8) is 0 Å². The van der Waals surface area contributed by atoms with Crippen LogP contribution in [0.15, 0.2) is 29.4 Å². The van der Waals surface area contributed by atoms with Crippen LogP contribution in [-0.2, 0) is 0 Å². The molecule has 1 aromatic heterocycles. The quantitative estimate of drug-likeness (QED) is 0.540. The Morgan fingerprint density at radius 2 is 1.82 bits per heavy atom. The van der Waals surface area contributed by atoms with Gasteiger partial charge in [0.25, 0.3) is 0 Å². The zero-order chi connectivity index (χ0) is 20.1. The minimum absolute atomic E-state index is 0.304. The number of nitrogens with zero attached hydrogens (tertiary/aromatic N) is 5. The van der Waals surface area contributed by atoms with Gasteiger partial charge in [-0.1, -0.05) is 25.6 Å². The summed E-state index contributed by atoms with van der Waals surface area (Å²) >= 11 is 1.62. The summed E-state index contributed by atoms with van der Waals surface area (Å²) < 4.78 is 13.4. The number of anilines is 1. The van der Waals surface area contributed by atoms with Crippen LogP contribution in [0, 0.1) is 23.1 Å². The van der Waals surface area contributed by atoms with Crippen molar-refractivity contribution in [3.8, 4) is 17.3 Å². The van der Waals surface area contributed by atoms with Gasteiger partial charge in [-0.2, -0.15) is 5.26 Å². The van der Waals surface area contributed by atoms with E-state index in [1.807, 2.05) is 0 Å². The fourth-order valence-corrected chi connectivity index (χ4v) is 4.12. The van der Waals surface area contributed by atoms with E-state index >= 15 is 0 Å². The van der Waals surface area contributed by atoms with E-state index in [0.29, 0.717) is 28.1 Å². The first kappa shape index (κ1) is 20.6. The first-order valence-electron chi connectivity index (χ1n) is 9.62. The standard InChI is InChI=1S/C21H26FN5S/c1-15(2)8-13-28-21-24-19(16-4-6-17(22)7-5-16)18(14-23)20(25-21)27-11-9-26(3)10-12-27/h4-7,15H,8-13H2,1-3H3. The maximum atomic E-state index is 13.4. The molecule has 1 saturated heterocycles. The van der Waals surface area contributed by atoms with E-state index in [-0.39, 0.29) is 5.82 Å². The molecule has 1 aromatic carbocycles. The monoisotopic (exact) mass is 399 g/mol. The van der Waals surface area contributed by atoms with Crippen molar-refractivity contribution in [2.45, 2.75) is 25.4 Å². The lowest BCUT2D eigenvalue weighted by Crippen LogP contribution is -2.45. The zero-order valence-electron chi connectivity index (χ0n) is 16.7. The second kappa shape index (κ2) is 9.35. The van der Waals surface area contributed by atoms with Gasteiger partial charge in [0.1, 0.15) is 17.4 Å². The topological polar surface area (TPSA) is 56.1 Å². The highest BCUT2D eigenvalue weighted by Crippen LogP contribution is 2.31. The van der Waals surface area contributed by atoms with E-state index in [4.69, 9.17) is 4.98 Å². The van der Waals surface area contributed by atoms with Gasteiger partial charge in [-0.15, -0.1) is 0 Å². The number of thioether (sulfide) groups is 1. The van der Waals surface area contributed by atoms with Crippen LogP contribution in [0.2, 0.25) is 0 Å². The van der Waals surface area contributed by atoms with Gasteiger partial charge in [0.05, 0.1) is 5.69 Å². The van der Waals surface area contributed by atoms with Gasteiger partial charge in [-0.3, -0.25) is 0 Å². The number of hydrogen-bond acceptors (Lipinski definition) is 6. The van der Waals surface area contributed by atoms with Gasteiger partial charge in [-0.05, 0) is 43.7 Å². The molecule has 5 nitrogen and oxygen atoms in total. The average Bonchev–Trinajstić information content (AvgIpc) is 2.68. The first-order valence-corrected chi connectivity index (χ1v) is 10.6. The minimum atomic E-state index is -0.304. The van der Waals surface area contributed by atoms with Gasteiger partial charge in [0, 0.05) is 37.5 Å². The number of likely N-dealkylation sites (N-methyl/N-ethyl adjacent to an activating group) is 1. The predicted octanol–water partition coefficient (Wildman–Crippen LogP) is 4.04. The molecule has 0 aliphatic carbocycles. The van der Waals surface area contributed by atoms with E-state index in [2.05, 4.69) is 41.7 Å². The summed E-state index contributed by atoms with van der Waals surface area (Å²) in [5.41, 5.74) is 1.78. The fraction of sp³-hybridized carbons (Fsp3) is 0.476. The molecule has 0 saturated carbocycles. The maximum absolute atomic E-state index is 13.4. The first-order chi connectivity index (χ1) is 13.5. The summed E-state index contributed by atoms with van der Waals surface area (Å²) in [6, 6.07) is 8.46. The molecule has 1 aliphatic rings. The molecule has 0 bridgehead atoms. The second-order valence-electron chi connectivity index (χ2n) is 7.49. The number of nitriles is 1. The van der Waals surface area contributed by atoms with Crippen LogP contribution >= 0.6 is 11.8 Å². The normalized spacial score (nSPS) is 15.1. The number of piperazine rings is 1. The fourth-order valence-electron chi connectivity index (χ4n) is 3.05. The summed E-state index contributed by atoms with van der Waals surface area (Å²) in [5.74, 6) is 1.92. The molecule has 2 aromatic rings. The van der Waals surface area contributed by atoms with Crippen molar-refractivity contribution in [2.75, 3.05) is 43.9 Å². The SMILES string of the molecule is CC(C)CCSc1nc(-c2ccc(F)cc2)c(C#N)c(N2CCN(C)CC2)n1. The molecule has 3 rings (SSSR count). The van der Waals surface area contributed by atoms with Gasteiger partial charge in [0.2, 0.25) is 0 Å². The summed E-state index contributed by atoms with van der Waals surface area (Å²) in [5, 5.41) is 10.6. The van der Waals surface area contributed by atoms with Gasteiger partial charge >= 0.3 is 0 Å². The van der Waals surface area contributed by atoms with E-state index in [1.54, 1.807) is 23.9 Å². The predicted molar refractivity (Wildman–Crippen MR) is 112 cm³/mol. The highest BCUT2D eigenvalue weighted by Gasteiger charge is 2.23. The molecular weight excluding hydrogens is 373 g/mol. The Kier molecular flexibility index (Phi) is 6.87. The number of aromatic nitrogens is 2. The molecule has 0 amide bonds. The Bertz CT molecular complexity index is 839. The number of rotatable bonds is 6. The molecule has 0 N–H and O–H groups in total. The van der Waals surface area contributed by atoms with Crippen molar-refractivity contribution in [1.29, 1.82) is 5.26 Å². The van der Waals surface area contributed by atoms with Crippen molar-refractivity contribution in [2.24, 2.45) is 5.92 Å². The lowest BCUT2D eigenvalue weighted by molar-refractivity contribution is 0.311. The Morgan fingerprint density at radius 3 is 2.43 bits per heavy atom. The molecule has 0 spiro atoms. The maximum Gasteiger partial charge on any atom is 0.190 e. The molecule has 148 valence electrons. The Morgan fingerprint density at radius 1 is 1.14 bits per heavy atom. The van der Waals surface area contributed by atoms with E-state index < -0.39 is 0 Å². The van der Waals surface area contributed by atoms with Gasteiger partial charge in [-0.25, -0.2) is 14.4 Å². The Balaban J connectivity index is 2.02. The van der Waals surface area contributed by atoms with Crippen molar-refractivity contribution in [1.82, 2.24) is 14.9 Å². The lowest BCUT2D eigenvalue weighted by atomic mass is 10.1. The van der Waals surface area contributed by atoms with Crippen LogP contribution in [0.4, 0.5) is 10.2 Å². The van der Waals surface area contributed by atoms with Crippen LogP contribution in [0.5, 0.6) is 0 Å². The zero-order valence-corrected chi connectivity index (χ0v) is 17.5. The molecule has 0 radical (unpaired) electrons. The van der Waals surface area contributed by atoms with Crippen LogP contribution in [0.1, 0.15) is 25.8 Å². The third-order valence-corrected chi connectivity index (χ3v) is 5.71. The van der Waals surface area contributed by atoms with E-state index in [1.165, 1.54) is 12.1 Å². The van der Waals surface area contributed by atoms with Gasteiger partial charge in [0.15, 0.2) is 11.0 Å². The van der Waals surface area contributed by atoms with Crippen molar-refractivity contribution < 1.29 is 4.39 Å². The Hall–Kier alpha value is -2.17. The molecule has 0 unspecified atom stereocenters. The van der Waals surface area contributed by atoms with Crippen LogP contribution in [0.25, 0.3) is 11.3 Å². The average molecular weight is 400 g/mol. The number of halogens is 1. The molecule has 0 atom stereocenters. The summed E-state index contributed by atoms with van der Waals surface area (Å²) in [6.45, 7) is 7.88. The van der Waals surface area contributed by atoms with E-state index in [0.717, 1.165) is 43.9 Å². The number of hydrogen-bond donors (Lipinski definition) is 0. The summed E-state index contributed by atoms with van der Waals surface area (Å²) in [6.07, 6.45) is 1.07. The number of benzene rings is 1. The molecule has 1 aliphatic heterocycles. The highest BCUT2D eigenvalue weighted by atomic mass is 32.2. The van der Waals surface area contributed by atoms with Gasteiger partial charge < -0.3 is 9.80 Å². The third kappa shape index (κ3) is 5.00. The smallest absolute Gasteiger partial charge is 0.190 e. The highest BCUT2D eigenvalue weighted by molar-refractivity contribution is 7.99. The van der Waals surface area contributed by atoms with E-state index in [9.17, 15) is 9.65 Å². The summed E-state index contributed by atoms with van der Waals surface area (Å²) in [7, 11) is 2.10. The van der Waals surface area contributed by atoms with Crippen molar-refractivity contribution in [3.05, 3.63) is 35.6 Å². The van der Waals surface area contributed by atoms with Crippen LogP contribution < -0.4 is 4.90 Å². The molecule has 2 heterocycles. The second-order valence-corrected chi connectivity index (χ2v) is 8.56.